The first-order chi connectivity index (χ1) is 27.6. The van der Waals surface area contributed by atoms with E-state index in [1.807, 2.05) is 0 Å². The van der Waals surface area contributed by atoms with Gasteiger partial charge in [0.2, 0.25) is 41.6 Å². The maximum atomic E-state index is 13.7. The Labute approximate surface area is 545 Å². The molecule has 0 saturated heterocycles. The first kappa shape index (κ1) is 65.0. The molecule has 2 aliphatic heterocycles. The van der Waals surface area contributed by atoms with E-state index in [4.69, 9.17) is 32.4 Å². The Morgan fingerprint density at radius 3 is 1.78 bits per heavy atom. The molecule has 0 amide bonds. The van der Waals surface area contributed by atoms with Gasteiger partial charge >= 0.3 is 206 Å². The van der Waals surface area contributed by atoms with Crippen molar-refractivity contribution in [2.24, 2.45) is 4.99 Å². The van der Waals surface area contributed by atoms with E-state index in [1.165, 1.54) is 6.07 Å². The second-order valence-electron chi connectivity index (χ2n) is 11.4. The molecule has 2 N–H and O–H groups in total. The minimum Gasteiger partial charge on any atom is -0.726 e. The van der Waals surface area contributed by atoms with Crippen LogP contribution < -0.4 is 226 Å². The van der Waals surface area contributed by atoms with Crippen molar-refractivity contribution in [1.82, 2.24) is 4.98 Å². The van der Waals surface area contributed by atoms with Crippen molar-refractivity contribution in [3.8, 4) is 23.0 Å². The van der Waals surface area contributed by atoms with E-state index < -0.39 is 155 Å². The fraction of sp³-hybridized carbons (Fsp3) is 0.308. The molecule has 0 radical (unpaired) electrons. The molecule has 0 atom stereocenters. The molecule has 0 unspecified atom stereocenters. The van der Waals surface area contributed by atoms with Crippen molar-refractivity contribution < 1.29 is 300 Å². The average molecular weight is 1160 g/mol. The zero-order chi connectivity index (χ0) is 44.6. The molecule has 2 aromatic rings. The molecule has 0 spiro atoms. The Morgan fingerprint density at radius 2 is 1.22 bits per heavy atom. The second kappa shape index (κ2) is 26.3. The molecule has 26 nitrogen and oxygen atoms in total. The summed E-state index contributed by atoms with van der Waals surface area (Å²) in [6.07, 6.45) is 0. The van der Waals surface area contributed by atoms with Gasteiger partial charge in [-0.25, -0.2) is 55.5 Å². The van der Waals surface area contributed by atoms with Gasteiger partial charge in [-0.3, -0.25) is 21.7 Å². The number of nitrogens with zero attached hydrogens (tertiary/aromatic N) is 2. The summed E-state index contributed by atoms with van der Waals surface area (Å²) < 4.78 is 214. The van der Waals surface area contributed by atoms with Gasteiger partial charge in [0.15, 0.2) is 42.5 Å². The first-order valence-corrected chi connectivity index (χ1v) is 25.0. The van der Waals surface area contributed by atoms with Crippen molar-refractivity contribution in [3.63, 3.8) is 0 Å². The van der Waals surface area contributed by atoms with E-state index in [0.29, 0.717) is 0 Å². The van der Waals surface area contributed by atoms with E-state index in [9.17, 15) is 68.7 Å². The molecule has 0 bridgehead atoms. The largest absolute Gasteiger partial charge is 1.00 e. The van der Waals surface area contributed by atoms with E-state index in [1.54, 1.807) is 0 Å². The van der Waals surface area contributed by atoms with Gasteiger partial charge in [-0.05, 0) is 18.2 Å². The van der Waals surface area contributed by atoms with Crippen molar-refractivity contribution in [2.45, 2.75) is 9.79 Å². The SMILES string of the molecule is O=S(=O)([O-])OCCN=c1ccc2nc3c(Cl)c4c(c(Cl)c3oc-2c1S(=O)(=O)CCOS(=O)(=O)[O-])Nc1c(cc(NCCOS(=O)(=O)[O-])cc1S(=O)(=O)CCOS(=O)(=O)[O-])O4.[K+].[K+].[K+].[K+]. The zero-order valence-corrected chi connectivity index (χ0v) is 52.0. The maximum absolute atomic E-state index is 13.7. The van der Waals surface area contributed by atoms with Crippen LogP contribution in [0, 0.1) is 0 Å². The number of nitrogens with one attached hydrogen (secondary N) is 2. The number of anilines is 3. The molecule has 38 heteroatoms. The fourth-order valence-electron chi connectivity index (χ4n) is 5.13. The summed E-state index contributed by atoms with van der Waals surface area (Å²) in [6.45, 7) is -4.95. The van der Waals surface area contributed by atoms with Gasteiger partial charge in [0, 0.05) is 18.3 Å². The molecule has 64 heavy (non-hydrogen) atoms. The predicted molar refractivity (Wildman–Crippen MR) is 196 cm³/mol. The van der Waals surface area contributed by atoms with Gasteiger partial charge in [-0.15, -0.1) is 0 Å². The molecule has 0 aromatic heterocycles. The molecule has 3 aliphatic rings. The minimum absolute atomic E-state index is 0. The van der Waals surface area contributed by atoms with Crippen LogP contribution in [0.2, 0.25) is 10.0 Å². The van der Waals surface area contributed by atoms with Crippen LogP contribution in [0.5, 0.6) is 11.5 Å². The number of halogens is 2. The van der Waals surface area contributed by atoms with Crippen LogP contribution >= 0.6 is 23.2 Å². The van der Waals surface area contributed by atoms with Crippen molar-refractivity contribution in [3.05, 3.63) is 39.7 Å². The quantitative estimate of drug-likeness (QED) is 0.0255. The maximum Gasteiger partial charge on any atom is 1.00 e. The van der Waals surface area contributed by atoms with E-state index in [2.05, 4.69) is 37.3 Å². The number of hydrogen-bond donors (Lipinski definition) is 2. The topological polar surface area (TPSA) is 406 Å². The number of ether oxygens (including phenoxy) is 1. The second-order valence-corrected chi connectivity index (χ2v) is 20.5. The summed E-state index contributed by atoms with van der Waals surface area (Å²) in [5.41, 5.74) is -1.96. The molecular formula is C26H22Cl2K4N4O22S6. The third-order valence-electron chi connectivity index (χ3n) is 7.37. The summed E-state index contributed by atoms with van der Waals surface area (Å²) in [5, 5.41) is 3.92. The Morgan fingerprint density at radius 1 is 0.688 bits per heavy atom. The van der Waals surface area contributed by atoms with Gasteiger partial charge in [-0.1, -0.05) is 23.2 Å². The van der Waals surface area contributed by atoms with E-state index in [-0.39, 0.29) is 240 Å². The number of rotatable bonds is 19. The summed E-state index contributed by atoms with van der Waals surface area (Å²) in [4.78, 5) is 6.76. The zero-order valence-electron chi connectivity index (χ0n) is 33.0. The van der Waals surface area contributed by atoms with Crippen LogP contribution in [-0.4, -0.2) is 125 Å². The van der Waals surface area contributed by atoms with E-state index >= 15 is 0 Å². The van der Waals surface area contributed by atoms with Gasteiger partial charge in [0.1, 0.15) is 37.5 Å². The standard InChI is InChI=1S/C26H26Cl2N4O22S6.4K/c27-18-21-25(54-23-14(31-21)1-2-15(30-4-6-50-58(40,41)42)26(23)56(35,36)10-8-52-60(46,47)48)19(28)22-24(18)53-16-11-13(29-3-5-49-57(37,38)39)12-17(20(16)32-22)55(33,34)9-7-51-59(43,44)45;;;;/h1-2,11-12,29,32H,3-10H2,(H,37,38,39)(H,40,41,42)(H,43,44,45)(H,46,47,48);;;;/q;4*+1/p-4. The first-order valence-electron chi connectivity index (χ1n) is 15.6. The number of sulfone groups is 2. The third kappa shape index (κ3) is 18.5. The van der Waals surface area contributed by atoms with Crippen molar-refractivity contribution in [1.29, 1.82) is 0 Å². The summed E-state index contributed by atoms with van der Waals surface area (Å²) >= 11 is 13.4. The van der Waals surface area contributed by atoms with Crippen LogP contribution in [0.3, 0.4) is 0 Å². The Balaban J connectivity index is 0.00000512. The van der Waals surface area contributed by atoms with Crippen molar-refractivity contribution >= 4 is 113 Å². The predicted octanol–water partition coefficient (Wildman–Crippen LogP) is -12.1. The van der Waals surface area contributed by atoms with Crippen molar-refractivity contribution in [2.75, 3.05) is 61.7 Å². The van der Waals surface area contributed by atoms with Crippen LogP contribution in [-0.2, 0) is 78.0 Å². The molecule has 2 aromatic carbocycles. The monoisotopic (exact) mass is 1160 g/mol. The fourth-order valence-corrected chi connectivity index (χ4v) is 9.69. The number of benzene rings is 3. The number of aromatic nitrogens is 1. The molecular weight excluding hydrogens is 1140 g/mol. The molecule has 332 valence electrons. The van der Waals surface area contributed by atoms with Gasteiger partial charge < -0.3 is 38.0 Å². The van der Waals surface area contributed by atoms with Crippen LogP contribution in [0.4, 0.5) is 17.1 Å². The van der Waals surface area contributed by atoms with Gasteiger partial charge in [0.05, 0.1) is 54.7 Å². The Kier molecular flexibility index (Phi) is 26.7. The molecule has 5 rings (SSSR count). The Bertz CT molecular complexity index is 3110. The van der Waals surface area contributed by atoms with Crippen LogP contribution in [0.25, 0.3) is 22.6 Å². The van der Waals surface area contributed by atoms with Gasteiger partial charge in [0.25, 0.3) is 0 Å². The number of hydrogen-bond acceptors (Lipinski definition) is 26. The molecule has 1 aliphatic carbocycles. The van der Waals surface area contributed by atoms with Gasteiger partial charge in [-0.2, -0.15) is 0 Å². The third-order valence-corrected chi connectivity index (χ3v) is 13.3. The number of fused-ring (bicyclic) bond motifs is 4. The summed E-state index contributed by atoms with van der Waals surface area (Å²) in [5.74, 6) is -3.61. The summed E-state index contributed by atoms with van der Waals surface area (Å²) in [6, 6.07) is 4.32. The van der Waals surface area contributed by atoms with E-state index in [0.717, 1.165) is 18.2 Å². The minimum atomic E-state index is -5.37. The summed E-state index contributed by atoms with van der Waals surface area (Å²) in [7, 11) is -30.4. The molecule has 2 heterocycles. The Hall–Kier alpha value is 2.97. The van der Waals surface area contributed by atoms with Crippen LogP contribution in [0.15, 0.2) is 43.5 Å². The average Bonchev–Trinajstić information content (AvgIpc) is 3.10. The molecule has 0 fully saturated rings. The normalized spacial score (nSPS) is 13.2. The smallest absolute Gasteiger partial charge is 0.726 e. The molecule has 0 saturated carbocycles. The van der Waals surface area contributed by atoms with Crippen LogP contribution in [0.1, 0.15) is 0 Å².